The molecule has 0 aromatic heterocycles. The molecule has 0 aliphatic rings. The molecule has 3 nitrogen and oxygen atoms in total. The van der Waals surface area contributed by atoms with Crippen molar-refractivity contribution in [1.82, 2.24) is 4.90 Å². The van der Waals surface area contributed by atoms with Gasteiger partial charge >= 0.3 is 0 Å². The second-order valence-corrected chi connectivity index (χ2v) is 16.4. The van der Waals surface area contributed by atoms with Crippen molar-refractivity contribution in [3.05, 3.63) is 121 Å². The molecule has 0 heterocycles. The predicted octanol–water partition coefficient (Wildman–Crippen LogP) is 7.29. The molecule has 0 fully saturated rings. The van der Waals surface area contributed by atoms with Crippen molar-refractivity contribution in [3.8, 4) is 0 Å². The van der Waals surface area contributed by atoms with E-state index in [1.54, 1.807) is 0 Å². The Morgan fingerprint density at radius 3 is 1.10 bits per heavy atom. The minimum Gasteiger partial charge on any atom is -0.314 e. The molecule has 0 aliphatic carbocycles. The van der Waals surface area contributed by atoms with Gasteiger partial charge in [-0.1, -0.05) is 154 Å². The van der Waals surface area contributed by atoms with E-state index in [1.165, 1.54) is 25.7 Å². The smallest absolute Gasteiger partial charge is 0.144 e. The normalized spacial score (nSPS) is 12.1. The summed E-state index contributed by atoms with van der Waals surface area (Å²) in [5.74, 6) is 0. The van der Waals surface area contributed by atoms with Gasteiger partial charge in [0.1, 0.15) is 14.3 Å². The Morgan fingerprint density at radius 2 is 0.775 bits per heavy atom. The number of benzene rings is 4. The summed E-state index contributed by atoms with van der Waals surface area (Å²) in [6, 6.07) is 39.8. The van der Waals surface area contributed by atoms with Gasteiger partial charge in [0.25, 0.3) is 0 Å². The van der Waals surface area contributed by atoms with E-state index in [4.69, 9.17) is 0 Å². The molecule has 0 radical (unpaired) electrons. The van der Waals surface area contributed by atoms with Crippen LogP contribution in [0.4, 0.5) is 0 Å². The lowest BCUT2D eigenvalue weighted by molar-refractivity contribution is 0.297. The van der Waals surface area contributed by atoms with Gasteiger partial charge in [-0.05, 0) is 13.0 Å². The molecule has 4 aromatic carbocycles. The van der Waals surface area contributed by atoms with Crippen LogP contribution in [0.3, 0.4) is 0 Å². The van der Waals surface area contributed by atoms with Crippen LogP contribution < -0.4 is 21.2 Å². The minimum atomic E-state index is -2.82. The van der Waals surface area contributed by atoms with Crippen molar-refractivity contribution in [2.24, 2.45) is 0 Å². The largest absolute Gasteiger partial charge is 0.314 e. The van der Waals surface area contributed by atoms with Gasteiger partial charge in [-0.3, -0.25) is 0 Å². The molecule has 0 bridgehead atoms. The first-order chi connectivity index (χ1) is 19.6. The van der Waals surface area contributed by atoms with E-state index in [9.17, 15) is 9.13 Å². The molecular weight excluding hydrogens is 528 g/mol. The lowest BCUT2D eigenvalue weighted by atomic mass is 10.1. The lowest BCUT2D eigenvalue weighted by Gasteiger charge is -2.28. The number of nitrogens with zero attached hydrogens (tertiary/aromatic N) is 1. The second-order valence-electron chi connectivity index (χ2n) is 10.5. The van der Waals surface area contributed by atoms with E-state index in [-0.39, 0.29) is 0 Å². The van der Waals surface area contributed by atoms with Crippen LogP contribution >= 0.6 is 14.3 Å². The Kier molecular flexibility index (Phi) is 11.6. The fourth-order valence-electron chi connectivity index (χ4n) is 5.33. The van der Waals surface area contributed by atoms with Crippen LogP contribution in [0, 0.1) is 0 Å². The summed E-state index contributed by atoms with van der Waals surface area (Å²) < 4.78 is 29.4. The van der Waals surface area contributed by atoms with Gasteiger partial charge in [-0.25, -0.2) is 0 Å². The Balaban J connectivity index is 1.57. The predicted molar refractivity (Wildman–Crippen MR) is 174 cm³/mol. The molecule has 0 saturated carbocycles. The van der Waals surface area contributed by atoms with Gasteiger partial charge in [-0.2, -0.15) is 0 Å². The first kappa shape index (κ1) is 30.3. The Labute approximate surface area is 241 Å². The van der Waals surface area contributed by atoms with Crippen LogP contribution in [0.2, 0.25) is 0 Å². The molecule has 5 heteroatoms. The van der Waals surface area contributed by atoms with E-state index in [0.29, 0.717) is 25.4 Å². The number of rotatable bonds is 16. The lowest BCUT2D eigenvalue weighted by Crippen LogP contribution is -2.34. The van der Waals surface area contributed by atoms with Crippen LogP contribution in [0.25, 0.3) is 0 Å². The zero-order valence-electron chi connectivity index (χ0n) is 23.8. The summed E-state index contributed by atoms with van der Waals surface area (Å²) in [6.07, 6.45) is 7.14. The van der Waals surface area contributed by atoms with Crippen LogP contribution in [-0.2, 0) is 9.13 Å². The summed E-state index contributed by atoms with van der Waals surface area (Å²) in [5, 5.41) is 3.62. The van der Waals surface area contributed by atoms with E-state index in [1.807, 2.05) is 121 Å². The quantitative estimate of drug-likeness (QED) is 0.105. The highest BCUT2D eigenvalue weighted by Crippen LogP contribution is 2.45. The van der Waals surface area contributed by atoms with Gasteiger partial charge in [0.05, 0.1) is 0 Å². The standard InChI is InChI=1S/C35H43NO2P2/c1-2-3-4-5-18-27-36(28-30-39(37,32-19-10-6-11-20-32)33-21-12-7-13-22-33)29-31-40(38,34-23-14-8-15-24-34)35-25-16-9-17-26-35/h6-17,19-26H,2-5,18,27-31H2,1H3. The van der Waals surface area contributed by atoms with Gasteiger partial charge in [0, 0.05) is 46.6 Å². The van der Waals surface area contributed by atoms with Crippen LogP contribution in [-0.4, -0.2) is 36.9 Å². The maximum atomic E-state index is 14.7. The second kappa shape index (κ2) is 15.3. The number of unbranched alkanes of at least 4 members (excludes halogenated alkanes) is 4. The van der Waals surface area contributed by atoms with Crippen molar-refractivity contribution in [2.75, 3.05) is 32.0 Å². The first-order valence-corrected chi connectivity index (χ1v) is 18.5. The fourth-order valence-corrected chi connectivity index (χ4v) is 10.7. The average molecular weight is 572 g/mol. The summed E-state index contributed by atoms with van der Waals surface area (Å²) in [7, 11) is -5.64. The van der Waals surface area contributed by atoms with Gasteiger partial charge in [0.15, 0.2) is 0 Å². The minimum absolute atomic E-state index is 0.566. The third kappa shape index (κ3) is 7.94. The molecule has 0 atom stereocenters. The van der Waals surface area contributed by atoms with Crippen molar-refractivity contribution in [2.45, 2.75) is 39.0 Å². The Hall–Kier alpha value is -2.70. The molecule has 4 aromatic rings. The fraction of sp³-hybridized carbons (Fsp3) is 0.314. The van der Waals surface area contributed by atoms with Gasteiger partial charge in [-0.15, -0.1) is 0 Å². The van der Waals surface area contributed by atoms with Crippen LogP contribution in [0.1, 0.15) is 39.0 Å². The highest BCUT2D eigenvalue weighted by Gasteiger charge is 2.30. The first-order valence-electron chi connectivity index (χ1n) is 14.7. The van der Waals surface area contributed by atoms with Crippen molar-refractivity contribution < 1.29 is 9.13 Å². The van der Waals surface area contributed by atoms with Crippen LogP contribution in [0.15, 0.2) is 121 Å². The van der Waals surface area contributed by atoms with E-state index < -0.39 is 14.3 Å². The molecular formula is C35H43NO2P2. The SMILES string of the molecule is CCCCCCCN(CCP(=O)(c1ccccc1)c1ccccc1)CCP(=O)(c1ccccc1)c1ccccc1. The molecule has 0 unspecified atom stereocenters. The third-order valence-electron chi connectivity index (χ3n) is 7.73. The maximum Gasteiger partial charge on any atom is 0.144 e. The van der Waals surface area contributed by atoms with Crippen molar-refractivity contribution >= 4 is 35.5 Å². The van der Waals surface area contributed by atoms with Crippen molar-refractivity contribution in [1.29, 1.82) is 0 Å². The Bertz CT molecular complexity index is 1170. The molecule has 40 heavy (non-hydrogen) atoms. The molecule has 0 saturated heterocycles. The molecule has 0 aliphatic heterocycles. The third-order valence-corrected chi connectivity index (χ3v) is 13.9. The molecule has 4 rings (SSSR count). The summed E-state index contributed by atoms with van der Waals surface area (Å²) in [5.41, 5.74) is 0. The summed E-state index contributed by atoms with van der Waals surface area (Å²) in [6.45, 7) is 4.58. The monoisotopic (exact) mass is 571 g/mol. The highest BCUT2D eigenvalue weighted by molar-refractivity contribution is 7.79. The van der Waals surface area contributed by atoms with Crippen molar-refractivity contribution in [3.63, 3.8) is 0 Å². The number of hydrogen-bond donors (Lipinski definition) is 0. The van der Waals surface area contributed by atoms with Gasteiger partial charge < -0.3 is 14.0 Å². The number of hydrogen-bond acceptors (Lipinski definition) is 3. The van der Waals surface area contributed by atoms with E-state index in [0.717, 1.165) is 34.2 Å². The zero-order chi connectivity index (χ0) is 28.1. The molecule has 0 spiro atoms. The van der Waals surface area contributed by atoms with E-state index in [2.05, 4.69) is 11.8 Å². The average Bonchev–Trinajstić information content (AvgIpc) is 3.03. The summed E-state index contributed by atoms with van der Waals surface area (Å²) in [4.78, 5) is 2.42. The zero-order valence-corrected chi connectivity index (χ0v) is 25.6. The molecule has 0 amide bonds. The highest BCUT2D eigenvalue weighted by atomic mass is 31.2. The van der Waals surface area contributed by atoms with E-state index >= 15 is 0 Å². The molecule has 210 valence electrons. The van der Waals surface area contributed by atoms with Crippen LogP contribution in [0.5, 0.6) is 0 Å². The van der Waals surface area contributed by atoms with Gasteiger partial charge in [0.2, 0.25) is 0 Å². The summed E-state index contributed by atoms with van der Waals surface area (Å²) >= 11 is 0. The topological polar surface area (TPSA) is 37.4 Å². The Morgan fingerprint density at radius 1 is 0.450 bits per heavy atom. The maximum absolute atomic E-state index is 14.7. The molecule has 0 N–H and O–H groups in total.